The van der Waals surface area contributed by atoms with Gasteiger partial charge in [0.2, 0.25) is 0 Å². The second-order valence-electron chi connectivity index (χ2n) is 6.88. The van der Waals surface area contributed by atoms with Crippen molar-refractivity contribution in [2.75, 3.05) is 13.1 Å². The lowest BCUT2D eigenvalue weighted by molar-refractivity contribution is 0.562. The highest BCUT2D eigenvalue weighted by atomic mass is 32.1. The van der Waals surface area contributed by atoms with E-state index in [0.29, 0.717) is 12.5 Å². The Morgan fingerprint density at radius 3 is 2.86 bits per heavy atom. The molecule has 28 heavy (non-hydrogen) atoms. The van der Waals surface area contributed by atoms with E-state index in [2.05, 4.69) is 76.3 Å². The third-order valence-electron chi connectivity index (χ3n) is 4.31. The normalized spacial score (nSPS) is 12.7. The molecule has 1 atom stereocenters. The van der Waals surface area contributed by atoms with Crippen LogP contribution < -0.4 is 10.6 Å². The summed E-state index contributed by atoms with van der Waals surface area (Å²) in [7, 11) is 0. The Labute approximate surface area is 170 Å². The van der Waals surface area contributed by atoms with Gasteiger partial charge in [0.1, 0.15) is 12.7 Å². The van der Waals surface area contributed by atoms with E-state index in [4.69, 9.17) is 4.99 Å². The van der Waals surface area contributed by atoms with Crippen molar-refractivity contribution in [2.45, 2.75) is 33.4 Å². The molecular weight excluding hydrogens is 368 g/mol. The van der Waals surface area contributed by atoms with E-state index < -0.39 is 0 Å². The smallest absolute Gasteiger partial charge is 0.191 e. The third kappa shape index (κ3) is 6.49. The summed E-state index contributed by atoms with van der Waals surface area (Å²) in [5, 5.41) is 13.1. The summed E-state index contributed by atoms with van der Waals surface area (Å²) in [5.74, 6) is 1.41. The number of thiophene rings is 1. The Morgan fingerprint density at radius 2 is 2.11 bits per heavy atom. The molecule has 3 aromatic rings. The molecule has 2 aromatic heterocycles. The van der Waals surface area contributed by atoms with Crippen molar-refractivity contribution in [2.24, 2.45) is 10.9 Å². The highest BCUT2D eigenvalue weighted by Gasteiger charge is 2.06. The van der Waals surface area contributed by atoms with Crippen molar-refractivity contribution < 1.29 is 0 Å². The molecule has 0 saturated carbocycles. The second kappa shape index (κ2) is 10.6. The van der Waals surface area contributed by atoms with Gasteiger partial charge in [-0.25, -0.2) is 14.7 Å². The van der Waals surface area contributed by atoms with E-state index in [9.17, 15) is 0 Å². The van der Waals surface area contributed by atoms with Crippen molar-refractivity contribution in [3.05, 3.63) is 70.4 Å². The maximum Gasteiger partial charge on any atom is 0.191 e. The topological polar surface area (TPSA) is 67.1 Å². The average Bonchev–Trinajstić information content (AvgIpc) is 3.39. The van der Waals surface area contributed by atoms with Crippen LogP contribution in [0.5, 0.6) is 0 Å². The van der Waals surface area contributed by atoms with Crippen molar-refractivity contribution in [1.82, 2.24) is 25.4 Å². The van der Waals surface area contributed by atoms with E-state index in [1.54, 1.807) is 12.7 Å². The molecular formula is C21H28N6S. The number of rotatable bonds is 9. The van der Waals surface area contributed by atoms with Crippen LogP contribution in [0.1, 0.15) is 29.9 Å². The number of nitrogens with one attached hydrogen (secondary N) is 2. The van der Waals surface area contributed by atoms with Crippen molar-refractivity contribution >= 4 is 17.3 Å². The monoisotopic (exact) mass is 396 g/mol. The van der Waals surface area contributed by atoms with E-state index in [-0.39, 0.29) is 0 Å². The molecule has 2 N–H and O–H groups in total. The van der Waals surface area contributed by atoms with Gasteiger partial charge < -0.3 is 10.6 Å². The predicted octanol–water partition coefficient (Wildman–Crippen LogP) is 3.32. The van der Waals surface area contributed by atoms with Crippen LogP contribution in [0.4, 0.5) is 0 Å². The molecule has 1 unspecified atom stereocenters. The quantitative estimate of drug-likeness (QED) is 0.430. The van der Waals surface area contributed by atoms with E-state index >= 15 is 0 Å². The molecule has 0 saturated heterocycles. The van der Waals surface area contributed by atoms with Crippen LogP contribution in [0.2, 0.25) is 0 Å². The van der Waals surface area contributed by atoms with Gasteiger partial charge in [-0.15, -0.1) is 11.3 Å². The summed E-state index contributed by atoms with van der Waals surface area (Å²) >= 11 is 1.82. The molecule has 0 aliphatic heterocycles. The first-order valence-electron chi connectivity index (χ1n) is 9.67. The van der Waals surface area contributed by atoms with Gasteiger partial charge in [-0.3, -0.25) is 0 Å². The zero-order chi connectivity index (χ0) is 19.6. The van der Waals surface area contributed by atoms with Crippen LogP contribution in [0.15, 0.2) is 59.4 Å². The molecule has 3 rings (SSSR count). The Bertz CT molecular complexity index is 842. The summed E-state index contributed by atoms with van der Waals surface area (Å²) < 4.78 is 1.82. The number of hydrogen-bond acceptors (Lipinski definition) is 4. The van der Waals surface area contributed by atoms with Gasteiger partial charge in [0, 0.05) is 18.0 Å². The van der Waals surface area contributed by atoms with Crippen LogP contribution >= 0.6 is 11.3 Å². The molecule has 6 nitrogen and oxygen atoms in total. The van der Waals surface area contributed by atoms with Crippen LogP contribution in [0.25, 0.3) is 0 Å². The molecule has 0 radical (unpaired) electrons. The van der Waals surface area contributed by atoms with Crippen LogP contribution in [0.3, 0.4) is 0 Å². The minimum atomic E-state index is 0.550. The Morgan fingerprint density at radius 1 is 1.21 bits per heavy atom. The maximum atomic E-state index is 4.75. The summed E-state index contributed by atoms with van der Waals surface area (Å²) in [6.45, 7) is 7.46. The number of hydrogen-bond donors (Lipinski definition) is 2. The largest absolute Gasteiger partial charge is 0.357 e. The highest BCUT2D eigenvalue weighted by Crippen LogP contribution is 2.14. The third-order valence-corrected chi connectivity index (χ3v) is 5.21. The molecule has 0 fully saturated rings. The zero-order valence-electron chi connectivity index (χ0n) is 16.5. The molecule has 7 heteroatoms. The van der Waals surface area contributed by atoms with Crippen LogP contribution in [0, 0.1) is 5.92 Å². The fraction of sp³-hybridized carbons (Fsp3) is 0.381. The number of guanidine groups is 1. The average molecular weight is 397 g/mol. The van der Waals surface area contributed by atoms with Crippen LogP contribution in [-0.4, -0.2) is 33.8 Å². The van der Waals surface area contributed by atoms with Gasteiger partial charge in [-0.1, -0.05) is 37.3 Å². The maximum absolute atomic E-state index is 4.75. The Kier molecular flexibility index (Phi) is 7.61. The fourth-order valence-corrected chi connectivity index (χ4v) is 3.82. The summed E-state index contributed by atoms with van der Waals surface area (Å²) in [4.78, 5) is 10.2. The Hall–Kier alpha value is -2.67. The standard InChI is InChI=1S/C21H28N6S/c1-3-23-21(24-12-17(2)10-20-8-5-9-28-20)25-13-18-6-4-7-19(11-18)14-27-16-22-15-26-27/h4-9,11,15-17H,3,10,12-14H2,1-2H3,(H2,23,24,25). The first kappa shape index (κ1) is 20.1. The molecule has 0 spiro atoms. The lowest BCUT2D eigenvalue weighted by Gasteiger charge is -2.15. The summed E-state index contributed by atoms with van der Waals surface area (Å²) in [6, 6.07) is 12.8. The number of nitrogens with zero attached hydrogens (tertiary/aromatic N) is 4. The Balaban J connectivity index is 1.54. The molecule has 148 valence electrons. The van der Waals surface area contributed by atoms with E-state index in [1.165, 1.54) is 16.0 Å². The minimum absolute atomic E-state index is 0.550. The number of aromatic nitrogens is 3. The molecule has 0 amide bonds. The van der Waals surface area contributed by atoms with Gasteiger partial charge >= 0.3 is 0 Å². The molecule has 0 aliphatic rings. The number of aliphatic imine (C=N–C) groups is 1. The van der Waals surface area contributed by atoms with Crippen molar-refractivity contribution in [1.29, 1.82) is 0 Å². The van der Waals surface area contributed by atoms with E-state index in [0.717, 1.165) is 32.0 Å². The number of benzene rings is 1. The second-order valence-corrected chi connectivity index (χ2v) is 7.91. The van der Waals surface area contributed by atoms with E-state index in [1.807, 2.05) is 16.0 Å². The molecule has 0 bridgehead atoms. The summed E-state index contributed by atoms with van der Waals surface area (Å²) in [6.07, 6.45) is 4.38. The predicted molar refractivity (Wildman–Crippen MR) is 116 cm³/mol. The van der Waals surface area contributed by atoms with Crippen LogP contribution in [-0.2, 0) is 19.5 Å². The van der Waals surface area contributed by atoms with Gasteiger partial charge in [0.15, 0.2) is 5.96 Å². The molecule has 2 heterocycles. The first-order chi connectivity index (χ1) is 13.7. The SMILES string of the molecule is CCNC(=NCc1cccc(Cn2cncn2)c1)NCC(C)Cc1cccs1. The fourth-order valence-electron chi connectivity index (χ4n) is 2.96. The first-order valence-corrected chi connectivity index (χ1v) is 10.6. The van der Waals surface area contributed by atoms with Gasteiger partial charge in [-0.2, -0.15) is 5.10 Å². The summed E-state index contributed by atoms with van der Waals surface area (Å²) in [5.41, 5.74) is 2.38. The molecule has 0 aliphatic carbocycles. The lowest BCUT2D eigenvalue weighted by atomic mass is 10.1. The highest BCUT2D eigenvalue weighted by molar-refractivity contribution is 7.09. The van der Waals surface area contributed by atoms with Gasteiger partial charge in [-0.05, 0) is 41.8 Å². The van der Waals surface area contributed by atoms with Gasteiger partial charge in [0.25, 0.3) is 0 Å². The molecule has 1 aromatic carbocycles. The lowest BCUT2D eigenvalue weighted by Crippen LogP contribution is -2.39. The minimum Gasteiger partial charge on any atom is -0.357 e. The van der Waals surface area contributed by atoms with Gasteiger partial charge in [0.05, 0.1) is 13.1 Å². The van der Waals surface area contributed by atoms with Crippen molar-refractivity contribution in [3.8, 4) is 0 Å². The zero-order valence-corrected chi connectivity index (χ0v) is 17.3. The van der Waals surface area contributed by atoms with Crippen molar-refractivity contribution in [3.63, 3.8) is 0 Å².